The summed E-state index contributed by atoms with van der Waals surface area (Å²) in [6, 6.07) is -1.03. The predicted molar refractivity (Wildman–Crippen MR) is 59.8 cm³/mol. The van der Waals surface area contributed by atoms with Crippen LogP contribution in [0.5, 0.6) is 0 Å². The van der Waals surface area contributed by atoms with E-state index in [2.05, 4.69) is 5.32 Å². The van der Waals surface area contributed by atoms with Crippen molar-refractivity contribution in [2.75, 3.05) is 11.5 Å². The third-order valence-electron chi connectivity index (χ3n) is 1.67. The highest BCUT2D eigenvalue weighted by Crippen LogP contribution is 2.06. The summed E-state index contributed by atoms with van der Waals surface area (Å²) in [4.78, 5) is 42.2. The van der Waals surface area contributed by atoms with Crippen molar-refractivity contribution in [1.29, 1.82) is 0 Å². The number of ketones is 1. The minimum atomic E-state index is -1.50. The van der Waals surface area contributed by atoms with Gasteiger partial charge in [-0.25, -0.2) is 9.59 Å². The molecule has 17 heavy (non-hydrogen) atoms. The van der Waals surface area contributed by atoms with Crippen LogP contribution >= 0.6 is 11.8 Å². The first-order valence-electron chi connectivity index (χ1n) is 4.68. The van der Waals surface area contributed by atoms with Crippen molar-refractivity contribution in [3.05, 3.63) is 0 Å². The van der Waals surface area contributed by atoms with Gasteiger partial charge in [-0.2, -0.15) is 11.8 Å². The summed E-state index contributed by atoms with van der Waals surface area (Å²) < 4.78 is 0. The lowest BCUT2D eigenvalue weighted by molar-refractivity contribution is -0.148. The average molecular weight is 263 g/mol. The summed E-state index contributed by atoms with van der Waals surface area (Å²) in [5.41, 5.74) is 0. The van der Waals surface area contributed by atoms with Gasteiger partial charge in [-0.1, -0.05) is 0 Å². The van der Waals surface area contributed by atoms with Crippen molar-refractivity contribution in [3.8, 4) is 0 Å². The van der Waals surface area contributed by atoms with Crippen LogP contribution in [0.1, 0.15) is 13.3 Å². The monoisotopic (exact) mass is 263 g/mol. The summed E-state index contributed by atoms with van der Waals surface area (Å²) in [6.07, 6.45) is -0.160. The van der Waals surface area contributed by atoms with Gasteiger partial charge in [0.2, 0.25) is 11.7 Å². The number of thioether (sulfide) groups is 1. The van der Waals surface area contributed by atoms with Crippen LogP contribution in [0.15, 0.2) is 0 Å². The number of rotatable bonds is 8. The fraction of sp³-hybridized carbons (Fsp3) is 0.556. The lowest BCUT2D eigenvalue weighted by Crippen LogP contribution is -2.41. The van der Waals surface area contributed by atoms with E-state index in [-0.39, 0.29) is 17.9 Å². The number of carboxylic acid groups (broad SMARTS) is 2. The fourth-order valence-corrected chi connectivity index (χ4v) is 1.85. The van der Waals surface area contributed by atoms with Crippen molar-refractivity contribution in [1.82, 2.24) is 5.32 Å². The molecule has 0 saturated carbocycles. The Hall–Kier alpha value is -1.57. The fourth-order valence-electron chi connectivity index (χ4n) is 0.893. The second-order valence-electron chi connectivity index (χ2n) is 3.14. The molecule has 96 valence electrons. The average Bonchev–Trinajstić information content (AvgIpc) is 2.21. The van der Waals surface area contributed by atoms with Crippen LogP contribution in [0.25, 0.3) is 0 Å². The van der Waals surface area contributed by atoms with E-state index in [9.17, 15) is 19.2 Å². The molecule has 0 heterocycles. The highest BCUT2D eigenvalue weighted by atomic mass is 32.2. The highest BCUT2D eigenvalue weighted by Gasteiger charge is 2.18. The van der Waals surface area contributed by atoms with Crippen LogP contribution < -0.4 is 5.32 Å². The lowest BCUT2D eigenvalue weighted by atomic mass is 10.3. The maximum Gasteiger partial charge on any atom is 0.372 e. The van der Waals surface area contributed by atoms with Gasteiger partial charge in [0, 0.05) is 24.9 Å². The number of Topliss-reactive ketones (excluding diaryl/α,β-unsaturated/α-hetero) is 1. The summed E-state index contributed by atoms with van der Waals surface area (Å²) in [6.45, 7) is 1.20. The molecule has 8 heteroatoms. The van der Waals surface area contributed by atoms with E-state index < -0.39 is 29.7 Å². The molecule has 7 nitrogen and oxygen atoms in total. The largest absolute Gasteiger partial charge is 0.480 e. The Balaban J connectivity index is 3.91. The van der Waals surface area contributed by atoms with Gasteiger partial charge in [-0.05, 0) is 0 Å². The van der Waals surface area contributed by atoms with E-state index >= 15 is 0 Å². The summed E-state index contributed by atoms with van der Waals surface area (Å²) >= 11 is 1.10. The second-order valence-corrected chi connectivity index (χ2v) is 4.29. The van der Waals surface area contributed by atoms with Crippen LogP contribution in [0.3, 0.4) is 0 Å². The molecule has 0 aromatic heterocycles. The zero-order chi connectivity index (χ0) is 13.4. The first-order chi connectivity index (χ1) is 7.84. The van der Waals surface area contributed by atoms with Crippen molar-refractivity contribution in [2.45, 2.75) is 19.4 Å². The molecule has 0 bridgehead atoms. The Morgan fingerprint density at radius 3 is 2.24 bits per heavy atom. The Morgan fingerprint density at radius 1 is 1.24 bits per heavy atom. The molecule has 1 amide bonds. The SMILES string of the molecule is CC(=O)N[C@@H](CSCCC(=O)C(=O)O)C(=O)O. The highest BCUT2D eigenvalue weighted by molar-refractivity contribution is 7.99. The number of hydrogen-bond acceptors (Lipinski definition) is 5. The first kappa shape index (κ1) is 15.4. The van der Waals surface area contributed by atoms with Crippen LogP contribution in [0.4, 0.5) is 0 Å². The molecule has 0 radical (unpaired) electrons. The number of hydrogen-bond donors (Lipinski definition) is 3. The molecule has 1 atom stereocenters. The van der Waals surface area contributed by atoms with Gasteiger partial charge in [0.1, 0.15) is 6.04 Å². The van der Waals surface area contributed by atoms with E-state index in [4.69, 9.17) is 10.2 Å². The Bertz CT molecular complexity index is 329. The molecule has 0 unspecified atom stereocenters. The predicted octanol–water partition coefficient (Wildman–Crippen LogP) is -0.647. The van der Waals surface area contributed by atoms with Crippen LogP contribution in [-0.4, -0.2) is 51.4 Å². The molecular formula is C9H13NO6S. The van der Waals surface area contributed by atoms with Crippen LogP contribution in [0.2, 0.25) is 0 Å². The first-order valence-corrected chi connectivity index (χ1v) is 5.83. The lowest BCUT2D eigenvalue weighted by Gasteiger charge is -2.12. The summed E-state index contributed by atoms with van der Waals surface area (Å²) in [7, 11) is 0. The molecular weight excluding hydrogens is 250 g/mol. The normalized spacial score (nSPS) is 11.6. The topological polar surface area (TPSA) is 121 Å². The van der Waals surface area contributed by atoms with Gasteiger partial charge in [0.15, 0.2) is 0 Å². The van der Waals surface area contributed by atoms with Gasteiger partial charge in [0.25, 0.3) is 0 Å². The maximum atomic E-state index is 10.7. The minimum Gasteiger partial charge on any atom is -0.480 e. The summed E-state index contributed by atoms with van der Waals surface area (Å²) in [5, 5.41) is 19.2. The molecule has 0 aliphatic carbocycles. The van der Waals surface area contributed by atoms with Gasteiger partial charge >= 0.3 is 11.9 Å². The van der Waals surface area contributed by atoms with Gasteiger partial charge in [-0.3, -0.25) is 9.59 Å². The zero-order valence-electron chi connectivity index (χ0n) is 9.13. The number of amides is 1. The number of nitrogens with one attached hydrogen (secondary N) is 1. The Kier molecular flexibility index (Phi) is 6.95. The number of carbonyl (C=O) groups is 4. The third-order valence-corrected chi connectivity index (χ3v) is 2.73. The van der Waals surface area contributed by atoms with E-state index in [0.717, 1.165) is 11.8 Å². The van der Waals surface area contributed by atoms with Crippen LogP contribution in [-0.2, 0) is 19.2 Å². The number of carbonyl (C=O) groups excluding carboxylic acids is 2. The number of carboxylic acids is 2. The van der Waals surface area contributed by atoms with Crippen molar-refractivity contribution in [2.24, 2.45) is 0 Å². The van der Waals surface area contributed by atoms with Crippen molar-refractivity contribution < 1.29 is 29.4 Å². The van der Waals surface area contributed by atoms with Gasteiger partial charge < -0.3 is 15.5 Å². The Morgan fingerprint density at radius 2 is 1.82 bits per heavy atom. The van der Waals surface area contributed by atoms with Crippen molar-refractivity contribution >= 4 is 35.4 Å². The van der Waals surface area contributed by atoms with Gasteiger partial charge in [-0.15, -0.1) is 0 Å². The molecule has 0 rings (SSSR count). The molecule has 0 spiro atoms. The summed E-state index contributed by atoms with van der Waals surface area (Å²) in [5.74, 6) is -3.75. The Labute approximate surface area is 102 Å². The van der Waals surface area contributed by atoms with Crippen LogP contribution in [0, 0.1) is 0 Å². The minimum absolute atomic E-state index is 0.0851. The number of aliphatic carboxylic acids is 2. The molecule has 0 saturated heterocycles. The van der Waals surface area contributed by atoms with E-state index in [1.54, 1.807) is 0 Å². The molecule has 0 aromatic carbocycles. The van der Waals surface area contributed by atoms with E-state index in [1.165, 1.54) is 6.92 Å². The van der Waals surface area contributed by atoms with Gasteiger partial charge in [0.05, 0.1) is 0 Å². The van der Waals surface area contributed by atoms with Crippen molar-refractivity contribution in [3.63, 3.8) is 0 Å². The third kappa shape index (κ3) is 7.34. The van der Waals surface area contributed by atoms with E-state index in [0.29, 0.717) is 0 Å². The quantitative estimate of drug-likeness (QED) is 0.393. The maximum absolute atomic E-state index is 10.7. The smallest absolute Gasteiger partial charge is 0.372 e. The van der Waals surface area contributed by atoms with E-state index in [1.807, 2.05) is 0 Å². The molecule has 0 fully saturated rings. The molecule has 3 N–H and O–H groups in total. The zero-order valence-corrected chi connectivity index (χ0v) is 9.95. The second kappa shape index (κ2) is 7.66. The molecule has 0 aliphatic heterocycles. The standard InChI is InChI=1S/C9H13NO6S/c1-5(11)10-6(8(13)14)4-17-3-2-7(12)9(15)16/h6H,2-4H2,1H3,(H,10,11)(H,13,14)(H,15,16)/t6-/m0/s1. The molecule has 0 aromatic rings. The molecule has 0 aliphatic rings.